The fourth-order valence-corrected chi connectivity index (χ4v) is 3.16. The molecule has 0 aromatic heterocycles. The molecule has 0 atom stereocenters. The van der Waals surface area contributed by atoms with E-state index in [9.17, 15) is 13.6 Å². The third-order valence-corrected chi connectivity index (χ3v) is 4.66. The van der Waals surface area contributed by atoms with Gasteiger partial charge in [0.25, 0.3) is 0 Å². The maximum absolute atomic E-state index is 13.9. The molecule has 4 rings (SSSR count). The number of ketones is 1. The summed E-state index contributed by atoms with van der Waals surface area (Å²) in [5.74, 6) is -0.740. The average Bonchev–Trinajstić information content (AvgIpc) is 2.74. The minimum atomic E-state index is -0.301. The van der Waals surface area contributed by atoms with Crippen molar-refractivity contribution in [1.29, 1.82) is 0 Å². The highest BCUT2D eigenvalue weighted by Gasteiger charge is 2.11. The third-order valence-electron chi connectivity index (χ3n) is 4.66. The molecular formula is C25H16F2O. The van der Waals surface area contributed by atoms with E-state index in [4.69, 9.17) is 0 Å². The van der Waals surface area contributed by atoms with Crippen LogP contribution in [0.2, 0.25) is 0 Å². The number of hydrogen-bond acceptors (Lipinski definition) is 1. The summed E-state index contributed by atoms with van der Waals surface area (Å²) in [5, 5.41) is 0. The monoisotopic (exact) mass is 370 g/mol. The molecule has 0 unspecified atom stereocenters. The van der Waals surface area contributed by atoms with Gasteiger partial charge in [0.15, 0.2) is 5.78 Å². The molecule has 0 amide bonds. The highest BCUT2D eigenvalue weighted by Crippen LogP contribution is 2.25. The Kier molecular flexibility index (Phi) is 4.81. The maximum atomic E-state index is 13.9. The van der Waals surface area contributed by atoms with Crippen LogP contribution < -0.4 is 0 Å². The maximum Gasteiger partial charge on any atom is 0.193 e. The number of carbonyl (C=O) groups excluding carboxylic acids is 1. The molecule has 4 aromatic carbocycles. The molecule has 0 aliphatic rings. The topological polar surface area (TPSA) is 17.1 Å². The molecule has 0 saturated carbocycles. The number of hydrogen-bond donors (Lipinski definition) is 0. The summed E-state index contributed by atoms with van der Waals surface area (Å²) < 4.78 is 27.8. The molecule has 0 saturated heterocycles. The normalized spacial score (nSPS) is 10.6. The lowest BCUT2D eigenvalue weighted by Gasteiger charge is -2.07. The van der Waals surface area contributed by atoms with Gasteiger partial charge < -0.3 is 0 Å². The first kappa shape index (κ1) is 17.8. The van der Waals surface area contributed by atoms with Crippen molar-refractivity contribution in [3.8, 4) is 22.3 Å². The zero-order valence-electron chi connectivity index (χ0n) is 14.9. The molecule has 3 heteroatoms. The van der Waals surface area contributed by atoms with Gasteiger partial charge in [-0.1, -0.05) is 84.9 Å². The number of benzene rings is 4. The van der Waals surface area contributed by atoms with Crippen LogP contribution in [0.15, 0.2) is 97.1 Å². The van der Waals surface area contributed by atoms with Gasteiger partial charge >= 0.3 is 0 Å². The summed E-state index contributed by atoms with van der Waals surface area (Å²) in [6, 6.07) is 26.7. The Balaban J connectivity index is 1.58. The standard InChI is InChI=1S/C25H16F2O/c26-23-7-3-1-5-21(23)17-9-13-19(14-10-17)25(28)20-15-11-18(12-16-20)22-6-2-4-8-24(22)27/h1-16H. The summed E-state index contributed by atoms with van der Waals surface area (Å²) in [6.07, 6.45) is 0. The Morgan fingerprint density at radius 1 is 0.500 bits per heavy atom. The molecule has 0 fully saturated rings. The van der Waals surface area contributed by atoms with Crippen molar-refractivity contribution in [2.24, 2.45) is 0 Å². The van der Waals surface area contributed by atoms with Gasteiger partial charge in [-0.25, -0.2) is 8.78 Å². The molecule has 0 radical (unpaired) electrons. The highest BCUT2D eigenvalue weighted by molar-refractivity contribution is 6.09. The van der Waals surface area contributed by atoms with Crippen LogP contribution in [0.5, 0.6) is 0 Å². The first-order valence-corrected chi connectivity index (χ1v) is 8.88. The molecule has 0 N–H and O–H groups in total. The van der Waals surface area contributed by atoms with E-state index in [0.29, 0.717) is 33.4 Å². The molecule has 0 spiro atoms. The van der Waals surface area contributed by atoms with E-state index in [1.165, 1.54) is 12.1 Å². The number of rotatable bonds is 4. The van der Waals surface area contributed by atoms with Crippen molar-refractivity contribution in [1.82, 2.24) is 0 Å². The van der Waals surface area contributed by atoms with Gasteiger partial charge in [-0.3, -0.25) is 4.79 Å². The molecule has 0 aliphatic heterocycles. The second kappa shape index (κ2) is 7.57. The van der Waals surface area contributed by atoms with Crippen LogP contribution in [0.1, 0.15) is 15.9 Å². The Labute approximate surface area is 161 Å². The number of carbonyl (C=O) groups is 1. The zero-order chi connectivity index (χ0) is 19.5. The smallest absolute Gasteiger partial charge is 0.193 e. The van der Waals surface area contributed by atoms with Gasteiger partial charge in [0.2, 0.25) is 0 Å². The van der Waals surface area contributed by atoms with Gasteiger partial charge in [-0.15, -0.1) is 0 Å². The van der Waals surface area contributed by atoms with Gasteiger partial charge in [-0.05, 0) is 23.3 Å². The first-order valence-electron chi connectivity index (χ1n) is 8.88. The molecule has 0 aliphatic carbocycles. The second-order valence-electron chi connectivity index (χ2n) is 6.44. The minimum absolute atomic E-state index is 0.139. The molecular weight excluding hydrogens is 354 g/mol. The van der Waals surface area contributed by atoms with Crippen LogP contribution in [-0.2, 0) is 0 Å². The highest BCUT2D eigenvalue weighted by atomic mass is 19.1. The van der Waals surface area contributed by atoms with Crippen LogP contribution in [0.25, 0.3) is 22.3 Å². The Bertz CT molecular complexity index is 1040. The summed E-state index contributed by atoms with van der Waals surface area (Å²) >= 11 is 0. The molecule has 0 bridgehead atoms. The van der Waals surface area contributed by atoms with Crippen molar-refractivity contribution in [2.75, 3.05) is 0 Å². The Morgan fingerprint density at radius 2 is 0.857 bits per heavy atom. The minimum Gasteiger partial charge on any atom is -0.289 e. The van der Waals surface area contributed by atoms with E-state index >= 15 is 0 Å². The fourth-order valence-electron chi connectivity index (χ4n) is 3.16. The van der Waals surface area contributed by atoms with Crippen molar-refractivity contribution < 1.29 is 13.6 Å². The SMILES string of the molecule is O=C(c1ccc(-c2ccccc2F)cc1)c1ccc(-c2ccccc2F)cc1. The van der Waals surface area contributed by atoms with E-state index in [2.05, 4.69) is 0 Å². The fraction of sp³-hybridized carbons (Fsp3) is 0. The van der Waals surface area contributed by atoms with Crippen LogP contribution in [0.4, 0.5) is 8.78 Å². The summed E-state index contributed by atoms with van der Waals surface area (Å²) in [5.41, 5.74) is 3.44. The molecule has 4 aromatic rings. The number of halogens is 2. The van der Waals surface area contributed by atoms with Crippen molar-refractivity contribution in [3.05, 3.63) is 120 Å². The Hall–Kier alpha value is -3.59. The second-order valence-corrected chi connectivity index (χ2v) is 6.44. The lowest BCUT2D eigenvalue weighted by Crippen LogP contribution is -2.01. The van der Waals surface area contributed by atoms with Gasteiger partial charge in [-0.2, -0.15) is 0 Å². The van der Waals surface area contributed by atoms with Gasteiger partial charge in [0, 0.05) is 22.3 Å². The van der Waals surface area contributed by atoms with E-state index in [-0.39, 0.29) is 17.4 Å². The van der Waals surface area contributed by atoms with Crippen LogP contribution in [0.3, 0.4) is 0 Å². The average molecular weight is 370 g/mol. The summed E-state index contributed by atoms with van der Waals surface area (Å²) in [4.78, 5) is 12.7. The van der Waals surface area contributed by atoms with E-state index in [1.807, 2.05) is 0 Å². The largest absolute Gasteiger partial charge is 0.289 e. The van der Waals surface area contributed by atoms with Crippen LogP contribution in [-0.4, -0.2) is 5.78 Å². The zero-order valence-corrected chi connectivity index (χ0v) is 14.9. The van der Waals surface area contributed by atoms with E-state index in [0.717, 1.165) is 0 Å². The van der Waals surface area contributed by atoms with E-state index in [1.54, 1.807) is 84.9 Å². The van der Waals surface area contributed by atoms with Crippen molar-refractivity contribution in [3.63, 3.8) is 0 Å². The summed E-state index contributed by atoms with van der Waals surface area (Å²) in [7, 11) is 0. The van der Waals surface area contributed by atoms with Gasteiger partial charge in [0.05, 0.1) is 0 Å². The predicted octanol–water partition coefficient (Wildman–Crippen LogP) is 6.53. The quantitative estimate of drug-likeness (QED) is 0.373. The van der Waals surface area contributed by atoms with Crippen LogP contribution >= 0.6 is 0 Å². The van der Waals surface area contributed by atoms with Gasteiger partial charge in [0.1, 0.15) is 11.6 Å². The summed E-state index contributed by atoms with van der Waals surface area (Å²) in [6.45, 7) is 0. The lowest BCUT2D eigenvalue weighted by molar-refractivity contribution is 0.103. The molecule has 0 heterocycles. The third kappa shape index (κ3) is 3.47. The van der Waals surface area contributed by atoms with Crippen LogP contribution in [0, 0.1) is 11.6 Å². The van der Waals surface area contributed by atoms with Crippen molar-refractivity contribution >= 4 is 5.78 Å². The molecule has 28 heavy (non-hydrogen) atoms. The molecule has 1 nitrogen and oxygen atoms in total. The predicted molar refractivity (Wildman–Crippen MR) is 107 cm³/mol. The molecule has 136 valence electrons. The Morgan fingerprint density at radius 3 is 1.21 bits per heavy atom. The lowest BCUT2D eigenvalue weighted by atomic mass is 9.97. The first-order chi connectivity index (χ1) is 13.6. The van der Waals surface area contributed by atoms with Crippen molar-refractivity contribution in [2.45, 2.75) is 0 Å². The van der Waals surface area contributed by atoms with E-state index < -0.39 is 0 Å².